The van der Waals surface area contributed by atoms with Crippen LogP contribution in [0.15, 0.2) is 23.1 Å². The van der Waals surface area contributed by atoms with Crippen LogP contribution in [0.3, 0.4) is 0 Å². The number of nitrogen functional groups attached to an aromatic ring is 2. The molecule has 7 nitrogen and oxygen atoms in total. The number of hydrogen-bond acceptors (Lipinski definition) is 6. The van der Waals surface area contributed by atoms with Gasteiger partial charge in [0.25, 0.3) is 5.56 Å². The van der Waals surface area contributed by atoms with E-state index in [1.165, 1.54) is 11.5 Å². The molecule has 0 aliphatic carbocycles. The highest BCUT2D eigenvalue weighted by atomic mass is 16.5. The van der Waals surface area contributed by atoms with Crippen molar-refractivity contribution in [2.24, 2.45) is 0 Å². The minimum absolute atomic E-state index is 0.0375. The van der Waals surface area contributed by atoms with Gasteiger partial charge in [0.05, 0.1) is 12.3 Å². The summed E-state index contributed by atoms with van der Waals surface area (Å²) in [4.78, 5) is 27.1. The van der Waals surface area contributed by atoms with Gasteiger partial charge in [0.2, 0.25) is 0 Å². The number of hydrogen-bond donors (Lipinski definition) is 2. The van der Waals surface area contributed by atoms with Gasteiger partial charge in [-0.05, 0) is 25.0 Å². The lowest BCUT2D eigenvalue weighted by Gasteiger charge is -2.12. The largest absolute Gasteiger partial charge is 0.466 e. The molecule has 0 unspecified atom stereocenters. The second-order valence-corrected chi connectivity index (χ2v) is 4.71. The standard InChI is InChI=1S/C14H18N4O3/c1-9(19)21-8-3-2-7-18-13-10(5-4-6-17-13)11(15)12(16)14(18)20/h4-6H,2-3,7-8,15-16H2,1H3. The molecule has 21 heavy (non-hydrogen) atoms. The molecule has 7 heteroatoms. The maximum Gasteiger partial charge on any atom is 0.302 e. The maximum absolute atomic E-state index is 12.2. The van der Waals surface area contributed by atoms with E-state index in [-0.39, 0.29) is 22.9 Å². The van der Waals surface area contributed by atoms with E-state index in [9.17, 15) is 9.59 Å². The number of rotatable bonds is 5. The average molecular weight is 290 g/mol. The van der Waals surface area contributed by atoms with E-state index in [1.54, 1.807) is 18.3 Å². The van der Waals surface area contributed by atoms with E-state index >= 15 is 0 Å². The number of nitrogens with zero attached hydrogens (tertiary/aromatic N) is 2. The minimum atomic E-state index is -0.341. The van der Waals surface area contributed by atoms with E-state index in [2.05, 4.69) is 4.98 Å². The number of carbonyl (C=O) groups is 1. The first-order valence-corrected chi connectivity index (χ1v) is 6.68. The topological polar surface area (TPSA) is 113 Å². The van der Waals surface area contributed by atoms with Crippen molar-refractivity contribution in [3.63, 3.8) is 0 Å². The summed E-state index contributed by atoms with van der Waals surface area (Å²) in [5, 5.41) is 0.662. The summed E-state index contributed by atoms with van der Waals surface area (Å²) in [7, 11) is 0. The Balaban J connectivity index is 2.23. The number of pyridine rings is 2. The molecule has 0 saturated carbocycles. The van der Waals surface area contributed by atoms with Crippen LogP contribution < -0.4 is 17.0 Å². The second kappa shape index (κ2) is 6.25. The van der Waals surface area contributed by atoms with Crippen molar-refractivity contribution in [2.75, 3.05) is 18.1 Å². The van der Waals surface area contributed by atoms with E-state index in [0.717, 1.165) is 0 Å². The molecule has 0 amide bonds. The fourth-order valence-corrected chi connectivity index (χ4v) is 2.12. The van der Waals surface area contributed by atoms with Crippen LogP contribution in [0.2, 0.25) is 0 Å². The summed E-state index contributed by atoms with van der Waals surface area (Å²) in [6, 6.07) is 3.52. The number of ether oxygens (including phenoxy) is 1. The molecule has 0 saturated heterocycles. The highest BCUT2D eigenvalue weighted by Crippen LogP contribution is 2.22. The molecule has 112 valence electrons. The van der Waals surface area contributed by atoms with Crippen molar-refractivity contribution in [2.45, 2.75) is 26.3 Å². The first-order valence-electron chi connectivity index (χ1n) is 6.68. The zero-order valence-electron chi connectivity index (χ0n) is 11.8. The van der Waals surface area contributed by atoms with Crippen LogP contribution in [-0.4, -0.2) is 22.1 Å². The number of fused-ring (bicyclic) bond motifs is 1. The first-order chi connectivity index (χ1) is 10.0. The van der Waals surface area contributed by atoms with Crippen molar-refractivity contribution >= 4 is 28.4 Å². The summed E-state index contributed by atoms with van der Waals surface area (Å²) >= 11 is 0. The SMILES string of the molecule is CC(=O)OCCCCn1c(=O)c(N)c(N)c2cccnc21. The summed E-state index contributed by atoms with van der Waals surface area (Å²) in [6.07, 6.45) is 2.93. The van der Waals surface area contributed by atoms with E-state index in [4.69, 9.17) is 16.2 Å². The Morgan fingerprint density at radius 2 is 2.10 bits per heavy atom. The van der Waals surface area contributed by atoms with Crippen molar-refractivity contribution in [1.82, 2.24) is 9.55 Å². The quantitative estimate of drug-likeness (QED) is 0.625. The smallest absolute Gasteiger partial charge is 0.302 e. The molecule has 2 rings (SSSR count). The van der Waals surface area contributed by atoms with Crippen molar-refractivity contribution in [1.29, 1.82) is 0 Å². The van der Waals surface area contributed by atoms with Crippen LogP contribution in [0.4, 0.5) is 11.4 Å². The third-order valence-corrected chi connectivity index (χ3v) is 3.18. The van der Waals surface area contributed by atoms with Gasteiger partial charge in [0.1, 0.15) is 11.3 Å². The fraction of sp³-hybridized carbons (Fsp3) is 0.357. The van der Waals surface area contributed by atoms with Crippen LogP contribution in [-0.2, 0) is 16.1 Å². The number of unbranched alkanes of at least 4 members (excludes halogenated alkanes) is 1. The highest BCUT2D eigenvalue weighted by Gasteiger charge is 2.12. The second-order valence-electron chi connectivity index (χ2n) is 4.71. The van der Waals surface area contributed by atoms with Gasteiger partial charge in [-0.15, -0.1) is 0 Å². The predicted molar refractivity (Wildman–Crippen MR) is 80.7 cm³/mol. The molecule has 0 spiro atoms. The molecule has 0 aromatic carbocycles. The molecule has 0 atom stereocenters. The fourth-order valence-electron chi connectivity index (χ4n) is 2.12. The monoisotopic (exact) mass is 290 g/mol. The summed E-state index contributed by atoms with van der Waals surface area (Å²) in [5.41, 5.74) is 12.1. The van der Waals surface area contributed by atoms with Gasteiger partial charge in [-0.25, -0.2) is 4.98 Å². The first kappa shape index (κ1) is 14.8. The number of esters is 1. The number of nitrogens with two attached hydrogens (primary N) is 2. The van der Waals surface area contributed by atoms with Gasteiger partial charge in [-0.1, -0.05) is 0 Å². The van der Waals surface area contributed by atoms with Gasteiger partial charge >= 0.3 is 5.97 Å². The zero-order valence-corrected chi connectivity index (χ0v) is 11.8. The van der Waals surface area contributed by atoms with Gasteiger partial charge in [0, 0.05) is 25.1 Å². The van der Waals surface area contributed by atoms with Gasteiger partial charge in [0.15, 0.2) is 0 Å². The van der Waals surface area contributed by atoms with Gasteiger partial charge < -0.3 is 16.2 Å². The van der Waals surface area contributed by atoms with Crippen LogP contribution in [0.5, 0.6) is 0 Å². The molecule has 2 aromatic rings. The van der Waals surface area contributed by atoms with E-state index in [1.807, 2.05) is 0 Å². The lowest BCUT2D eigenvalue weighted by atomic mass is 10.2. The number of carbonyl (C=O) groups excluding carboxylic acids is 1. The Hall–Kier alpha value is -2.57. The Kier molecular flexibility index (Phi) is 4.42. The number of anilines is 2. The lowest BCUT2D eigenvalue weighted by molar-refractivity contribution is -0.141. The molecule has 4 N–H and O–H groups in total. The maximum atomic E-state index is 12.2. The third-order valence-electron chi connectivity index (χ3n) is 3.18. The third kappa shape index (κ3) is 3.13. The highest BCUT2D eigenvalue weighted by molar-refractivity contribution is 5.93. The van der Waals surface area contributed by atoms with Crippen molar-refractivity contribution in [3.8, 4) is 0 Å². The minimum Gasteiger partial charge on any atom is -0.466 e. The molecule has 0 bridgehead atoms. The van der Waals surface area contributed by atoms with E-state index in [0.29, 0.717) is 37.0 Å². The van der Waals surface area contributed by atoms with E-state index < -0.39 is 0 Å². The molecular weight excluding hydrogens is 272 g/mol. The molecule has 0 aliphatic heterocycles. The zero-order chi connectivity index (χ0) is 15.4. The average Bonchev–Trinajstić information content (AvgIpc) is 2.47. The molecule has 0 radical (unpaired) electrons. The Bertz CT molecular complexity index is 724. The van der Waals surface area contributed by atoms with Crippen LogP contribution in [0, 0.1) is 0 Å². The molecule has 2 heterocycles. The summed E-state index contributed by atoms with van der Waals surface area (Å²) in [5.74, 6) is -0.309. The number of aromatic nitrogens is 2. The van der Waals surface area contributed by atoms with Gasteiger partial charge in [-0.3, -0.25) is 14.2 Å². The molecule has 2 aromatic heterocycles. The van der Waals surface area contributed by atoms with Crippen LogP contribution in [0.25, 0.3) is 11.0 Å². The van der Waals surface area contributed by atoms with Crippen molar-refractivity contribution < 1.29 is 9.53 Å². The molecule has 0 fully saturated rings. The predicted octanol–water partition coefficient (Wildman–Crippen LogP) is 0.904. The molecular formula is C14H18N4O3. The lowest BCUT2D eigenvalue weighted by Crippen LogP contribution is -2.25. The van der Waals surface area contributed by atoms with Gasteiger partial charge in [-0.2, -0.15) is 0 Å². The number of aryl methyl sites for hydroxylation is 1. The summed E-state index contributed by atoms with van der Waals surface area (Å²) < 4.78 is 6.36. The van der Waals surface area contributed by atoms with Crippen LogP contribution >= 0.6 is 0 Å². The Morgan fingerprint density at radius 3 is 2.81 bits per heavy atom. The Morgan fingerprint density at radius 1 is 1.33 bits per heavy atom. The Labute approximate surface area is 121 Å². The van der Waals surface area contributed by atoms with Crippen molar-refractivity contribution in [3.05, 3.63) is 28.7 Å². The summed E-state index contributed by atoms with van der Waals surface area (Å²) in [6.45, 7) is 2.14. The van der Waals surface area contributed by atoms with Crippen LogP contribution in [0.1, 0.15) is 19.8 Å². The normalized spacial score (nSPS) is 10.7. The molecule has 0 aliphatic rings.